The van der Waals surface area contributed by atoms with Crippen molar-refractivity contribution in [2.45, 2.75) is 6.92 Å². The number of halogens is 2. The zero-order valence-corrected chi connectivity index (χ0v) is 16.0. The smallest absolute Gasteiger partial charge is 0.257 e. The number of rotatable bonds is 3. The number of benzene rings is 2. The Morgan fingerprint density at radius 2 is 1.66 bits per heavy atom. The SMILES string of the molecule is Cc1nc(-c2ccc(F)cc2)ncc1C(=O)N1CCN(c2ccccc2F)CC1. The highest BCUT2D eigenvalue weighted by molar-refractivity contribution is 5.95. The van der Waals surface area contributed by atoms with Crippen molar-refractivity contribution in [2.75, 3.05) is 31.1 Å². The number of para-hydroxylation sites is 1. The van der Waals surface area contributed by atoms with Gasteiger partial charge >= 0.3 is 0 Å². The van der Waals surface area contributed by atoms with E-state index in [1.807, 2.05) is 4.90 Å². The molecule has 3 aromatic rings. The van der Waals surface area contributed by atoms with E-state index in [4.69, 9.17) is 0 Å². The molecule has 1 fully saturated rings. The first kappa shape index (κ1) is 19.0. The summed E-state index contributed by atoms with van der Waals surface area (Å²) in [4.78, 5) is 25.3. The highest BCUT2D eigenvalue weighted by Gasteiger charge is 2.25. The third kappa shape index (κ3) is 3.94. The largest absolute Gasteiger partial charge is 0.366 e. The summed E-state index contributed by atoms with van der Waals surface area (Å²) in [6, 6.07) is 12.6. The van der Waals surface area contributed by atoms with E-state index in [0.717, 1.165) is 0 Å². The lowest BCUT2D eigenvalue weighted by molar-refractivity contribution is 0.0745. The fourth-order valence-corrected chi connectivity index (χ4v) is 3.44. The molecule has 0 N–H and O–H groups in total. The third-order valence-electron chi connectivity index (χ3n) is 5.07. The second kappa shape index (κ2) is 7.95. The number of piperazine rings is 1. The standard InChI is InChI=1S/C22H20F2N4O/c1-15-18(14-25-21(26-15)16-6-8-17(23)9-7-16)22(29)28-12-10-27(11-13-28)20-5-3-2-4-19(20)24/h2-9,14H,10-13H2,1H3. The van der Waals surface area contributed by atoms with E-state index in [1.54, 1.807) is 42.2 Å². The average molecular weight is 394 g/mol. The van der Waals surface area contributed by atoms with E-state index in [0.29, 0.717) is 54.5 Å². The van der Waals surface area contributed by atoms with E-state index in [9.17, 15) is 13.6 Å². The van der Waals surface area contributed by atoms with Crippen LogP contribution in [0.15, 0.2) is 54.7 Å². The minimum Gasteiger partial charge on any atom is -0.366 e. The molecule has 7 heteroatoms. The minimum atomic E-state index is -0.327. The molecule has 1 aliphatic rings. The maximum Gasteiger partial charge on any atom is 0.257 e. The number of anilines is 1. The first-order valence-corrected chi connectivity index (χ1v) is 9.41. The monoisotopic (exact) mass is 394 g/mol. The van der Waals surface area contributed by atoms with Crippen LogP contribution in [0.1, 0.15) is 16.1 Å². The van der Waals surface area contributed by atoms with Gasteiger partial charge in [-0.15, -0.1) is 0 Å². The van der Waals surface area contributed by atoms with Gasteiger partial charge in [0.1, 0.15) is 11.6 Å². The minimum absolute atomic E-state index is 0.138. The van der Waals surface area contributed by atoms with Crippen LogP contribution in [0.4, 0.5) is 14.5 Å². The Bertz CT molecular complexity index is 1030. The van der Waals surface area contributed by atoms with Gasteiger partial charge in [-0.3, -0.25) is 4.79 Å². The van der Waals surface area contributed by atoms with E-state index < -0.39 is 0 Å². The Labute approximate surface area is 167 Å². The quantitative estimate of drug-likeness (QED) is 0.680. The fourth-order valence-electron chi connectivity index (χ4n) is 3.44. The number of aryl methyl sites for hydroxylation is 1. The van der Waals surface area contributed by atoms with Gasteiger partial charge in [0.25, 0.3) is 5.91 Å². The van der Waals surface area contributed by atoms with Crippen LogP contribution in [0.2, 0.25) is 0 Å². The number of aromatic nitrogens is 2. The zero-order valence-electron chi connectivity index (χ0n) is 16.0. The van der Waals surface area contributed by atoms with Gasteiger partial charge in [-0.25, -0.2) is 18.7 Å². The van der Waals surface area contributed by atoms with Crippen LogP contribution in [0.3, 0.4) is 0 Å². The fraction of sp³-hybridized carbons (Fsp3) is 0.227. The normalized spacial score (nSPS) is 14.2. The van der Waals surface area contributed by atoms with Gasteiger partial charge in [-0.2, -0.15) is 0 Å². The van der Waals surface area contributed by atoms with Crippen molar-refractivity contribution in [3.05, 3.63) is 77.6 Å². The number of carbonyl (C=O) groups excluding carboxylic acids is 1. The first-order chi connectivity index (χ1) is 14.0. The van der Waals surface area contributed by atoms with Crippen molar-refractivity contribution in [1.29, 1.82) is 0 Å². The van der Waals surface area contributed by atoms with Crippen LogP contribution in [0.25, 0.3) is 11.4 Å². The van der Waals surface area contributed by atoms with Crippen molar-refractivity contribution >= 4 is 11.6 Å². The molecule has 0 radical (unpaired) electrons. The molecule has 0 unspecified atom stereocenters. The molecule has 0 spiro atoms. The molecule has 1 aliphatic heterocycles. The molecule has 148 valence electrons. The predicted molar refractivity (Wildman–Crippen MR) is 107 cm³/mol. The molecular weight excluding hydrogens is 374 g/mol. The molecule has 0 saturated carbocycles. The second-order valence-electron chi connectivity index (χ2n) is 6.93. The number of hydrogen-bond donors (Lipinski definition) is 0. The lowest BCUT2D eigenvalue weighted by Gasteiger charge is -2.36. The van der Waals surface area contributed by atoms with Crippen LogP contribution in [-0.2, 0) is 0 Å². The molecule has 29 heavy (non-hydrogen) atoms. The molecule has 0 atom stereocenters. The molecular formula is C22H20F2N4O. The van der Waals surface area contributed by atoms with Crippen molar-refractivity contribution in [3.8, 4) is 11.4 Å². The highest BCUT2D eigenvalue weighted by Crippen LogP contribution is 2.22. The summed E-state index contributed by atoms with van der Waals surface area (Å²) in [5.41, 5.74) is 2.26. The molecule has 1 aromatic heterocycles. The van der Waals surface area contributed by atoms with Crippen molar-refractivity contribution in [2.24, 2.45) is 0 Å². The van der Waals surface area contributed by atoms with Gasteiger partial charge in [-0.1, -0.05) is 12.1 Å². The van der Waals surface area contributed by atoms with Gasteiger partial charge in [0.15, 0.2) is 5.82 Å². The van der Waals surface area contributed by atoms with Gasteiger partial charge in [0, 0.05) is 37.9 Å². The van der Waals surface area contributed by atoms with E-state index in [2.05, 4.69) is 9.97 Å². The summed E-state index contributed by atoms with van der Waals surface area (Å²) in [5.74, 6) is -0.274. The molecule has 0 bridgehead atoms. The second-order valence-corrected chi connectivity index (χ2v) is 6.93. The average Bonchev–Trinajstić information content (AvgIpc) is 2.74. The van der Waals surface area contributed by atoms with Crippen molar-refractivity contribution in [1.82, 2.24) is 14.9 Å². The summed E-state index contributed by atoms with van der Waals surface area (Å²) >= 11 is 0. The third-order valence-corrected chi connectivity index (χ3v) is 5.07. The summed E-state index contributed by atoms with van der Waals surface area (Å²) in [6.45, 7) is 3.86. The summed E-state index contributed by atoms with van der Waals surface area (Å²) in [6.07, 6.45) is 1.52. The predicted octanol–water partition coefficient (Wildman–Crippen LogP) is 3.69. The lowest BCUT2D eigenvalue weighted by atomic mass is 10.1. The number of nitrogens with zero attached hydrogens (tertiary/aromatic N) is 4. The van der Waals surface area contributed by atoms with Gasteiger partial charge in [-0.05, 0) is 43.3 Å². The molecule has 0 aliphatic carbocycles. The van der Waals surface area contributed by atoms with Crippen LogP contribution < -0.4 is 4.90 Å². The Hall–Kier alpha value is -3.35. The van der Waals surface area contributed by atoms with Crippen molar-refractivity contribution < 1.29 is 13.6 Å². The van der Waals surface area contributed by atoms with Gasteiger partial charge < -0.3 is 9.80 Å². The van der Waals surface area contributed by atoms with Crippen LogP contribution >= 0.6 is 0 Å². The number of amides is 1. The lowest BCUT2D eigenvalue weighted by Crippen LogP contribution is -2.49. The Kier molecular flexibility index (Phi) is 5.20. The Morgan fingerprint density at radius 3 is 2.31 bits per heavy atom. The first-order valence-electron chi connectivity index (χ1n) is 9.41. The zero-order chi connectivity index (χ0) is 20.4. The maximum absolute atomic E-state index is 14.0. The van der Waals surface area contributed by atoms with E-state index in [1.165, 1.54) is 24.4 Å². The highest BCUT2D eigenvalue weighted by atomic mass is 19.1. The Balaban J connectivity index is 1.46. The van der Waals surface area contributed by atoms with Gasteiger partial charge in [0.05, 0.1) is 16.9 Å². The molecule has 2 heterocycles. The van der Waals surface area contributed by atoms with E-state index in [-0.39, 0.29) is 17.5 Å². The topological polar surface area (TPSA) is 49.3 Å². The molecule has 1 saturated heterocycles. The number of carbonyl (C=O) groups is 1. The molecule has 1 amide bonds. The summed E-state index contributed by atoms with van der Waals surface area (Å²) in [7, 11) is 0. The number of hydrogen-bond acceptors (Lipinski definition) is 4. The van der Waals surface area contributed by atoms with Crippen LogP contribution in [-0.4, -0.2) is 47.0 Å². The van der Waals surface area contributed by atoms with Crippen LogP contribution in [0, 0.1) is 18.6 Å². The molecule has 2 aromatic carbocycles. The van der Waals surface area contributed by atoms with Gasteiger partial charge in [0.2, 0.25) is 0 Å². The molecule has 4 rings (SSSR count). The summed E-state index contributed by atoms with van der Waals surface area (Å²) < 4.78 is 27.1. The summed E-state index contributed by atoms with van der Waals surface area (Å²) in [5, 5.41) is 0. The Morgan fingerprint density at radius 1 is 0.966 bits per heavy atom. The van der Waals surface area contributed by atoms with Crippen LogP contribution in [0.5, 0.6) is 0 Å². The maximum atomic E-state index is 14.0. The van der Waals surface area contributed by atoms with E-state index >= 15 is 0 Å². The molecule has 5 nitrogen and oxygen atoms in total. The van der Waals surface area contributed by atoms with Crippen molar-refractivity contribution in [3.63, 3.8) is 0 Å².